The predicted octanol–water partition coefficient (Wildman–Crippen LogP) is 12.0. The number of amides is 1. The zero-order valence-corrected chi connectivity index (χ0v) is 28.6. The zero-order chi connectivity index (χ0) is 32.6. The third kappa shape index (κ3) is 8.63. The number of rotatable bonds is 11. The highest BCUT2D eigenvalue weighted by Gasteiger charge is 2.29. The van der Waals surface area contributed by atoms with Crippen LogP contribution in [-0.2, 0) is 16.6 Å². The molecule has 0 aromatic heterocycles. The molecular formula is C44H51NO2. The fourth-order valence-corrected chi connectivity index (χ4v) is 7.57. The minimum absolute atomic E-state index is 0.0184. The van der Waals surface area contributed by atoms with Crippen LogP contribution in [0.4, 0.5) is 5.69 Å². The van der Waals surface area contributed by atoms with Gasteiger partial charge in [-0.3, -0.25) is 4.79 Å². The van der Waals surface area contributed by atoms with E-state index in [2.05, 4.69) is 92.8 Å². The molecule has 1 N–H and O–H groups in total. The molecule has 244 valence electrons. The summed E-state index contributed by atoms with van der Waals surface area (Å²) in [5.74, 6) is 2.52. The van der Waals surface area contributed by atoms with Gasteiger partial charge in [-0.1, -0.05) is 150 Å². The molecule has 4 aromatic rings. The normalized spacial score (nSPS) is 15.4. The lowest BCUT2D eigenvalue weighted by Crippen LogP contribution is -2.22. The van der Waals surface area contributed by atoms with Crippen LogP contribution in [0.1, 0.15) is 119 Å². The van der Waals surface area contributed by atoms with E-state index in [1.54, 1.807) is 0 Å². The van der Waals surface area contributed by atoms with Gasteiger partial charge in [-0.2, -0.15) is 0 Å². The molecule has 6 rings (SSSR count). The molecule has 0 radical (unpaired) electrons. The van der Waals surface area contributed by atoms with Gasteiger partial charge in [-0.05, 0) is 71.9 Å². The molecule has 1 heterocycles. The van der Waals surface area contributed by atoms with Gasteiger partial charge in [0.1, 0.15) is 11.5 Å². The Kier molecular flexibility index (Phi) is 10.6. The molecule has 47 heavy (non-hydrogen) atoms. The third-order valence-corrected chi connectivity index (χ3v) is 10.1. The fraction of sp³-hybridized carbons (Fsp3) is 0.386. The maximum absolute atomic E-state index is 13.9. The molecular weight excluding hydrogens is 574 g/mol. The number of nitrogens with one attached hydrogen (secondary N) is 1. The van der Waals surface area contributed by atoms with Crippen molar-refractivity contribution in [2.75, 3.05) is 5.32 Å². The molecule has 4 aromatic carbocycles. The van der Waals surface area contributed by atoms with E-state index in [4.69, 9.17) is 4.74 Å². The monoisotopic (exact) mass is 625 g/mol. The van der Waals surface area contributed by atoms with Gasteiger partial charge < -0.3 is 10.1 Å². The molecule has 3 heteroatoms. The summed E-state index contributed by atoms with van der Waals surface area (Å²) in [4.78, 5) is 13.9. The van der Waals surface area contributed by atoms with Crippen molar-refractivity contribution >= 4 is 17.7 Å². The van der Waals surface area contributed by atoms with Crippen LogP contribution in [0.2, 0.25) is 0 Å². The smallest absolute Gasteiger partial charge is 0.225 e. The van der Waals surface area contributed by atoms with Gasteiger partial charge in [0.25, 0.3) is 0 Å². The number of fused-ring (bicyclic) bond motifs is 2. The van der Waals surface area contributed by atoms with Gasteiger partial charge in [0.05, 0.1) is 0 Å². The summed E-state index contributed by atoms with van der Waals surface area (Å²) >= 11 is 0. The number of carbonyl (C=O) groups is 1. The van der Waals surface area contributed by atoms with Crippen molar-refractivity contribution in [3.63, 3.8) is 0 Å². The second-order valence-corrected chi connectivity index (χ2v) is 14.7. The molecule has 0 atom stereocenters. The second-order valence-electron chi connectivity index (χ2n) is 14.7. The Morgan fingerprint density at radius 3 is 2.15 bits per heavy atom. The van der Waals surface area contributed by atoms with Crippen LogP contribution in [0, 0.1) is 5.92 Å². The number of aryl methyl sites for hydroxylation is 1. The summed E-state index contributed by atoms with van der Waals surface area (Å²) in [7, 11) is 0. The number of anilines is 1. The summed E-state index contributed by atoms with van der Waals surface area (Å²) in [6, 6.07) is 33.7. The SMILES string of the molecule is CC(C)(C)c1ccc(/C=C(\CCCC2CCCCC2)CCc2ccccc2)cc1NC(=O)CC1c2ccccc2Oc2ccccc21. The molecule has 0 spiro atoms. The van der Waals surface area contributed by atoms with Crippen molar-refractivity contribution in [3.05, 3.63) is 130 Å². The number of benzene rings is 4. The first-order chi connectivity index (χ1) is 22.8. The first-order valence-corrected chi connectivity index (χ1v) is 17.9. The van der Waals surface area contributed by atoms with Crippen molar-refractivity contribution in [1.82, 2.24) is 0 Å². The Morgan fingerprint density at radius 2 is 1.47 bits per heavy atom. The summed E-state index contributed by atoms with van der Waals surface area (Å²) in [6.45, 7) is 6.65. The van der Waals surface area contributed by atoms with Gasteiger partial charge >= 0.3 is 0 Å². The van der Waals surface area contributed by atoms with Crippen molar-refractivity contribution in [2.45, 2.75) is 103 Å². The van der Waals surface area contributed by atoms with Crippen LogP contribution in [0.5, 0.6) is 11.5 Å². The van der Waals surface area contributed by atoms with Gasteiger partial charge in [0.15, 0.2) is 0 Å². The molecule has 0 saturated heterocycles. The average Bonchev–Trinajstić information content (AvgIpc) is 3.07. The minimum Gasteiger partial charge on any atom is -0.457 e. The molecule has 1 fully saturated rings. The van der Waals surface area contributed by atoms with Crippen LogP contribution < -0.4 is 10.1 Å². The number of para-hydroxylation sites is 2. The molecule has 1 amide bonds. The molecule has 2 aliphatic rings. The Balaban J connectivity index is 1.23. The largest absolute Gasteiger partial charge is 0.457 e. The number of ether oxygens (including phenoxy) is 1. The summed E-state index contributed by atoms with van der Waals surface area (Å²) in [5, 5.41) is 3.37. The van der Waals surface area contributed by atoms with E-state index in [9.17, 15) is 4.79 Å². The van der Waals surface area contributed by atoms with E-state index in [1.165, 1.54) is 56.1 Å². The van der Waals surface area contributed by atoms with Gasteiger partial charge in [0, 0.05) is 29.2 Å². The Bertz CT molecular complexity index is 1630. The maximum Gasteiger partial charge on any atom is 0.225 e. The van der Waals surface area contributed by atoms with E-state index >= 15 is 0 Å². The van der Waals surface area contributed by atoms with Crippen molar-refractivity contribution in [2.24, 2.45) is 5.92 Å². The third-order valence-electron chi connectivity index (χ3n) is 10.1. The summed E-state index contributed by atoms with van der Waals surface area (Å²) < 4.78 is 6.20. The number of carbonyl (C=O) groups excluding carboxylic acids is 1. The summed E-state index contributed by atoms with van der Waals surface area (Å²) in [5.41, 5.74) is 8.12. The second kappa shape index (κ2) is 15.2. The molecule has 3 nitrogen and oxygen atoms in total. The van der Waals surface area contributed by atoms with Gasteiger partial charge in [0.2, 0.25) is 5.91 Å². The van der Waals surface area contributed by atoms with Crippen LogP contribution >= 0.6 is 0 Å². The fourth-order valence-electron chi connectivity index (χ4n) is 7.57. The standard InChI is InChI=1S/C44H51NO2/c1-44(2,3)39-28-27-35(29-34(26-25-33-17-8-5-9-18-33)20-14-19-32-15-6-4-7-16-32)30-40(39)45-43(46)31-38-36-21-10-12-23-41(36)47-42-24-13-11-22-37(38)42/h5,8-13,17-18,21-24,27-30,32,38H,4,6-7,14-16,19-20,25-26,31H2,1-3H3,(H,45,46)/b34-29+. The lowest BCUT2D eigenvalue weighted by Gasteiger charge is -2.28. The summed E-state index contributed by atoms with van der Waals surface area (Å²) in [6.07, 6.45) is 15.6. The van der Waals surface area contributed by atoms with Crippen LogP contribution in [-0.4, -0.2) is 5.91 Å². The van der Waals surface area contributed by atoms with Gasteiger partial charge in [-0.25, -0.2) is 0 Å². The average molecular weight is 626 g/mol. The Morgan fingerprint density at radius 1 is 0.809 bits per heavy atom. The molecule has 1 aliphatic heterocycles. The van der Waals surface area contributed by atoms with Crippen molar-refractivity contribution in [1.29, 1.82) is 0 Å². The van der Waals surface area contributed by atoms with Gasteiger partial charge in [-0.15, -0.1) is 0 Å². The predicted molar refractivity (Wildman–Crippen MR) is 196 cm³/mol. The lowest BCUT2D eigenvalue weighted by atomic mass is 9.83. The highest BCUT2D eigenvalue weighted by atomic mass is 16.5. The van der Waals surface area contributed by atoms with Crippen LogP contribution in [0.25, 0.3) is 6.08 Å². The molecule has 0 unspecified atom stereocenters. The molecule has 1 saturated carbocycles. The number of hydrogen-bond acceptors (Lipinski definition) is 2. The lowest BCUT2D eigenvalue weighted by molar-refractivity contribution is -0.116. The Hall–Kier alpha value is -4.11. The molecule has 1 aliphatic carbocycles. The maximum atomic E-state index is 13.9. The highest BCUT2D eigenvalue weighted by molar-refractivity contribution is 5.93. The van der Waals surface area contributed by atoms with E-state index in [0.29, 0.717) is 6.42 Å². The highest BCUT2D eigenvalue weighted by Crippen LogP contribution is 2.45. The quantitative estimate of drug-likeness (QED) is 0.180. The van der Waals surface area contributed by atoms with Crippen LogP contribution in [0.15, 0.2) is 103 Å². The van der Waals surface area contributed by atoms with Crippen molar-refractivity contribution < 1.29 is 9.53 Å². The van der Waals surface area contributed by atoms with E-state index in [0.717, 1.165) is 64.6 Å². The first kappa shape index (κ1) is 32.8. The zero-order valence-electron chi connectivity index (χ0n) is 28.6. The van der Waals surface area contributed by atoms with Crippen molar-refractivity contribution in [3.8, 4) is 11.5 Å². The van der Waals surface area contributed by atoms with Crippen LogP contribution in [0.3, 0.4) is 0 Å². The number of hydrogen-bond donors (Lipinski definition) is 1. The van der Waals surface area contributed by atoms with E-state index in [-0.39, 0.29) is 17.2 Å². The number of allylic oxidation sites excluding steroid dienone is 1. The molecule has 0 bridgehead atoms. The topological polar surface area (TPSA) is 38.3 Å². The van der Waals surface area contributed by atoms with E-state index in [1.807, 2.05) is 36.4 Å². The Labute approximate surface area is 282 Å². The first-order valence-electron chi connectivity index (χ1n) is 17.9. The van der Waals surface area contributed by atoms with E-state index < -0.39 is 0 Å². The minimum atomic E-state index is -0.112.